The lowest BCUT2D eigenvalue weighted by molar-refractivity contribution is 0.0762. The second-order valence-corrected chi connectivity index (χ2v) is 7.18. The monoisotopic (exact) mass is 363 g/mol. The second-order valence-electron chi connectivity index (χ2n) is 7.18. The van der Waals surface area contributed by atoms with Crippen LogP contribution in [0.4, 0.5) is 0 Å². The third-order valence-corrected chi connectivity index (χ3v) is 5.16. The highest BCUT2D eigenvalue weighted by molar-refractivity contribution is 5.94. The molecule has 5 nitrogen and oxygen atoms in total. The van der Waals surface area contributed by atoms with Crippen LogP contribution in [0, 0.1) is 0 Å². The van der Waals surface area contributed by atoms with Gasteiger partial charge in [0.15, 0.2) is 0 Å². The van der Waals surface area contributed by atoms with Crippen molar-refractivity contribution in [3.05, 3.63) is 60.4 Å². The zero-order chi connectivity index (χ0) is 18.6. The molecule has 0 radical (unpaired) electrons. The highest BCUT2D eigenvalue weighted by atomic mass is 16.5. The van der Waals surface area contributed by atoms with Gasteiger partial charge in [0.05, 0.1) is 17.4 Å². The third-order valence-electron chi connectivity index (χ3n) is 5.16. The van der Waals surface area contributed by atoms with E-state index >= 15 is 0 Å². The molecule has 27 heavy (non-hydrogen) atoms. The summed E-state index contributed by atoms with van der Waals surface area (Å²) in [5.74, 6) is 0.0409. The van der Waals surface area contributed by atoms with Crippen molar-refractivity contribution in [2.75, 3.05) is 20.2 Å². The first kappa shape index (κ1) is 17.7. The molecule has 1 atom stereocenters. The molecule has 5 heteroatoms. The zero-order valence-electron chi connectivity index (χ0n) is 15.7. The minimum atomic E-state index is 0.0409. The molecule has 3 heterocycles. The van der Waals surface area contributed by atoms with Gasteiger partial charge >= 0.3 is 0 Å². The van der Waals surface area contributed by atoms with Crippen molar-refractivity contribution in [3.63, 3.8) is 0 Å². The lowest BCUT2D eigenvalue weighted by Crippen LogP contribution is -2.28. The van der Waals surface area contributed by atoms with Crippen molar-refractivity contribution in [2.45, 2.75) is 31.8 Å². The minimum Gasteiger partial charge on any atom is -0.378 e. The molecule has 1 aliphatic heterocycles. The van der Waals surface area contributed by atoms with Gasteiger partial charge in [0, 0.05) is 38.2 Å². The molecule has 1 amide bonds. The Morgan fingerprint density at radius 2 is 2.07 bits per heavy atom. The van der Waals surface area contributed by atoms with Crippen LogP contribution in [0.3, 0.4) is 0 Å². The molecule has 1 saturated heterocycles. The van der Waals surface area contributed by atoms with Gasteiger partial charge < -0.3 is 14.0 Å². The number of fused-ring (bicyclic) bond motifs is 1. The first-order chi connectivity index (χ1) is 13.2. The first-order valence-electron chi connectivity index (χ1n) is 9.62. The largest absolute Gasteiger partial charge is 0.378 e. The number of rotatable bonds is 6. The molecular formula is C22H25N3O2. The summed E-state index contributed by atoms with van der Waals surface area (Å²) in [6.45, 7) is 1.63. The van der Waals surface area contributed by atoms with E-state index in [0.29, 0.717) is 11.7 Å². The van der Waals surface area contributed by atoms with Gasteiger partial charge in [-0.05, 0) is 37.8 Å². The van der Waals surface area contributed by atoms with E-state index in [1.807, 2.05) is 66.3 Å². The van der Waals surface area contributed by atoms with Crippen LogP contribution in [0.2, 0.25) is 0 Å². The number of hydrogen-bond donors (Lipinski definition) is 0. The van der Waals surface area contributed by atoms with Crippen LogP contribution in [0.15, 0.2) is 54.9 Å². The molecule has 4 rings (SSSR count). The number of nitrogens with zero attached hydrogens (tertiary/aromatic N) is 3. The van der Waals surface area contributed by atoms with Crippen molar-refractivity contribution >= 4 is 11.6 Å². The van der Waals surface area contributed by atoms with Gasteiger partial charge in [0.1, 0.15) is 5.65 Å². The van der Waals surface area contributed by atoms with Gasteiger partial charge in [-0.2, -0.15) is 0 Å². The van der Waals surface area contributed by atoms with Crippen molar-refractivity contribution < 1.29 is 9.53 Å². The fourth-order valence-corrected chi connectivity index (χ4v) is 3.62. The molecule has 2 aromatic heterocycles. The highest BCUT2D eigenvalue weighted by Gasteiger charge is 2.17. The van der Waals surface area contributed by atoms with E-state index in [1.54, 1.807) is 4.90 Å². The summed E-state index contributed by atoms with van der Waals surface area (Å²) >= 11 is 0. The number of imidazole rings is 1. The summed E-state index contributed by atoms with van der Waals surface area (Å²) in [5.41, 5.74) is 3.50. The Kier molecular flexibility index (Phi) is 5.21. The minimum absolute atomic E-state index is 0.0409. The zero-order valence-corrected chi connectivity index (χ0v) is 15.7. The smallest absolute Gasteiger partial charge is 0.255 e. The fraction of sp³-hybridized carbons (Fsp3) is 0.364. The van der Waals surface area contributed by atoms with Gasteiger partial charge in [0.25, 0.3) is 5.91 Å². The average molecular weight is 363 g/mol. The second kappa shape index (κ2) is 7.92. The number of benzene rings is 1. The number of carbonyl (C=O) groups excluding carboxylic acids is 1. The lowest BCUT2D eigenvalue weighted by atomic mass is 10.1. The quantitative estimate of drug-likeness (QED) is 0.664. The Morgan fingerprint density at radius 3 is 2.85 bits per heavy atom. The molecular weight excluding hydrogens is 338 g/mol. The van der Waals surface area contributed by atoms with Crippen LogP contribution in [0.5, 0.6) is 0 Å². The van der Waals surface area contributed by atoms with Crippen LogP contribution in [0.1, 0.15) is 36.0 Å². The molecule has 0 spiro atoms. The van der Waals surface area contributed by atoms with Gasteiger partial charge in [0.2, 0.25) is 0 Å². The fourth-order valence-electron chi connectivity index (χ4n) is 3.62. The van der Waals surface area contributed by atoms with Crippen molar-refractivity contribution in [1.29, 1.82) is 0 Å². The van der Waals surface area contributed by atoms with Crippen molar-refractivity contribution in [2.24, 2.45) is 0 Å². The van der Waals surface area contributed by atoms with Gasteiger partial charge in [-0.3, -0.25) is 4.79 Å². The van der Waals surface area contributed by atoms with Crippen molar-refractivity contribution in [1.82, 2.24) is 14.3 Å². The molecule has 1 fully saturated rings. The molecule has 0 unspecified atom stereocenters. The molecule has 0 N–H and O–H groups in total. The highest BCUT2D eigenvalue weighted by Crippen LogP contribution is 2.20. The summed E-state index contributed by atoms with van der Waals surface area (Å²) < 4.78 is 7.58. The van der Waals surface area contributed by atoms with E-state index in [0.717, 1.165) is 55.7 Å². The third kappa shape index (κ3) is 4.03. The van der Waals surface area contributed by atoms with E-state index in [9.17, 15) is 4.79 Å². The predicted octanol–water partition coefficient (Wildman–Crippen LogP) is 4.03. The van der Waals surface area contributed by atoms with E-state index in [2.05, 4.69) is 4.98 Å². The maximum absolute atomic E-state index is 12.8. The summed E-state index contributed by atoms with van der Waals surface area (Å²) in [6.07, 6.45) is 8.53. The summed E-state index contributed by atoms with van der Waals surface area (Å²) in [7, 11) is 1.87. The molecule has 0 saturated carbocycles. The number of hydrogen-bond acceptors (Lipinski definition) is 3. The Bertz CT molecular complexity index is 914. The number of carbonyl (C=O) groups is 1. The molecule has 3 aromatic rings. The van der Waals surface area contributed by atoms with Gasteiger partial charge in [-0.25, -0.2) is 4.98 Å². The van der Waals surface area contributed by atoms with Gasteiger partial charge in [-0.15, -0.1) is 0 Å². The molecule has 140 valence electrons. The normalized spacial score (nSPS) is 16.7. The number of aromatic nitrogens is 2. The van der Waals surface area contributed by atoms with Crippen LogP contribution < -0.4 is 0 Å². The van der Waals surface area contributed by atoms with Crippen LogP contribution in [-0.4, -0.2) is 46.5 Å². The predicted molar refractivity (Wildman–Crippen MR) is 106 cm³/mol. The molecule has 0 bridgehead atoms. The number of pyridine rings is 1. The standard InChI is InChI=1S/C22H25N3O2/c1-24(13-5-9-19-10-6-14-27-19)22(26)18-11-12-21-23-20(16-25(21)15-18)17-7-3-2-4-8-17/h2-4,7-8,11-12,15-16,19H,5-6,9-10,13-14H2,1H3/t19-/m0/s1. The van der Waals surface area contributed by atoms with Crippen LogP contribution >= 0.6 is 0 Å². The van der Waals surface area contributed by atoms with Gasteiger partial charge in [-0.1, -0.05) is 30.3 Å². The Morgan fingerprint density at radius 1 is 1.22 bits per heavy atom. The molecule has 0 aliphatic carbocycles. The lowest BCUT2D eigenvalue weighted by Gasteiger charge is -2.18. The van der Waals surface area contributed by atoms with E-state index < -0.39 is 0 Å². The van der Waals surface area contributed by atoms with E-state index in [4.69, 9.17) is 4.74 Å². The maximum Gasteiger partial charge on any atom is 0.255 e. The Balaban J connectivity index is 1.43. The summed E-state index contributed by atoms with van der Waals surface area (Å²) in [6, 6.07) is 13.8. The SMILES string of the molecule is CN(CCC[C@H]1CCCO1)C(=O)c1ccc2nc(-c3ccccc3)cn2c1. The Labute approximate surface area is 159 Å². The average Bonchev–Trinajstić information content (AvgIpc) is 3.37. The topological polar surface area (TPSA) is 46.8 Å². The van der Waals surface area contributed by atoms with E-state index in [-0.39, 0.29) is 5.91 Å². The van der Waals surface area contributed by atoms with Crippen LogP contribution in [-0.2, 0) is 4.74 Å². The summed E-state index contributed by atoms with van der Waals surface area (Å²) in [5, 5.41) is 0. The maximum atomic E-state index is 12.8. The Hall–Kier alpha value is -2.66. The van der Waals surface area contributed by atoms with Crippen molar-refractivity contribution in [3.8, 4) is 11.3 Å². The molecule has 1 aromatic carbocycles. The molecule has 1 aliphatic rings. The summed E-state index contributed by atoms with van der Waals surface area (Å²) in [4.78, 5) is 19.2. The first-order valence-corrected chi connectivity index (χ1v) is 9.62. The van der Waals surface area contributed by atoms with E-state index in [1.165, 1.54) is 0 Å². The van der Waals surface area contributed by atoms with Crippen LogP contribution in [0.25, 0.3) is 16.9 Å². The number of ether oxygens (including phenoxy) is 1. The number of amides is 1.